The standard InChI is InChI=1S/C14H30O7S/c1-2-3-4-5-6-7-8-9-10-11-12-18-20-21-19-13-14-22(15,16)17/h2-14H2,1H3,(H,15,16,17). The van der Waals surface area contributed by atoms with E-state index in [1.165, 1.54) is 51.4 Å². The van der Waals surface area contributed by atoms with Gasteiger partial charge in [0.25, 0.3) is 10.1 Å². The Hall–Kier alpha value is -0.250. The number of hydrogen-bond acceptors (Lipinski definition) is 6. The molecule has 0 aliphatic rings. The smallest absolute Gasteiger partial charge is 0.267 e. The van der Waals surface area contributed by atoms with Crippen LogP contribution in [0.1, 0.15) is 71.1 Å². The molecule has 0 aliphatic carbocycles. The largest absolute Gasteiger partial charge is 0.285 e. The Balaban J connectivity index is 3.03. The van der Waals surface area contributed by atoms with Crippen molar-refractivity contribution in [2.24, 2.45) is 0 Å². The van der Waals surface area contributed by atoms with Crippen LogP contribution in [0.5, 0.6) is 0 Å². The molecule has 7 nitrogen and oxygen atoms in total. The third-order valence-electron chi connectivity index (χ3n) is 3.13. The quantitative estimate of drug-likeness (QED) is 0.187. The van der Waals surface area contributed by atoms with Gasteiger partial charge in [-0.15, -0.1) is 0 Å². The van der Waals surface area contributed by atoms with E-state index in [1.807, 2.05) is 0 Å². The highest BCUT2D eigenvalue weighted by Gasteiger charge is 2.04. The molecule has 0 saturated heterocycles. The van der Waals surface area contributed by atoms with Crippen LogP contribution in [0.25, 0.3) is 0 Å². The monoisotopic (exact) mass is 342 g/mol. The molecule has 0 aromatic rings. The van der Waals surface area contributed by atoms with Gasteiger partial charge in [-0.1, -0.05) is 64.7 Å². The normalized spacial score (nSPS) is 11.9. The lowest BCUT2D eigenvalue weighted by atomic mass is 10.1. The van der Waals surface area contributed by atoms with Crippen molar-refractivity contribution in [2.45, 2.75) is 71.1 Å². The molecule has 0 spiro atoms. The fourth-order valence-electron chi connectivity index (χ4n) is 1.90. The van der Waals surface area contributed by atoms with Crippen LogP contribution in [-0.4, -0.2) is 31.9 Å². The van der Waals surface area contributed by atoms with E-state index in [-0.39, 0.29) is 6.61 Å². The Kier molecular flexibility index (Phi) is 15.5. The third kappa shape index (κ3) is 19.8. The minimum atomic E-state index is -4.04. The Labute approximate surface area is 133 Å². The maximum Gasteiger partial charge on any atom is 0.267 e. The van der Waals surface area contributed by atoms with Crippen LogP contribution in [0.2, 0.25) is 0 Å². The molecule has 0 fully saturated rings. The van der Waals surface area contributed by atoms with Crippen LogP contribution < -0.4 is 0 Å². The lowest BCUT2D eigenvalue weighted by molar-refractivity contribution is -0.633. The van der Waals surface area contributed by atoms with Crippen LogP contribution in [-0.2, 0) is 30.0 Å². The van der Waals surface area contributed by atoms with Crippen LogP contribution in [0, 0.1) is 0 Å². The van der Waals surface area contributed by atoms with Gasteiger partial charge in [-0.25, -0.2) is 9.78 Å². The van der Waals surface area contributed by atoms with Crippen molar-refractivity contribution in [3.8, 4) is 0 Å². The summed E-state index contributed by atoms with van der Waals surface area (Å²) < 4.78 is 29.1. The lowest BCUT2D eigenvalue weighted by Gasteiger charge is -2.03. The van der Waals surface area contributed by atoms with Gasteiger partial charge in [0, 0.05) is 0 Å². The summed E-state index contributed by atoms with van der Waals surface area (Å²) in [6, 6.07) is 0. The van der Waals surface area contributed by atoms with Crippen molar-refractivity contribution in [3.05, 3.63) is 0 Å². The van der Waals surface area contributed by atoms with Gasteiger partial charge < -0.3 is 0 Å². The first kappa shape index (κ1) is 21.8. The van der Waals surface area contributed by atoms with E-state index in [0.717, 1.165) is 12.8 Å². The Morgan fingerprint density at radius 2 is 1.18 bits per heavy atom. The van der Waals surface area contributed by atoms with Crippen molar-refractivity contribution >= 4 is 10.1 Å². The summed E-state index contributed by atoms with van der Waals surface area (Å²) in [4.78, 5) is 9.00. The third-order valence-corrected chi connectivity index (χ3v) is 3.81. The highest BCUT2D eigenvalue weighted by Crippen LogP contribution is 2.10. The lowest BCUT2D eigenvalue weighted by Crippen LogP contribution is -2.11. The number of hydrogen-bond donors (Lipinski definition) is 1. The van der Waals surface area contributed by atoms with E-state index < -0.39 is 15.9 Å². The molecule has 0 heterocycles. The van der Waals surface area contributed by atoms with Gasteiger partial charge in [-0.2, -0.15) is 8.42 Å². The molecule has 0 saturated carbocycles. The summed E-state index contributed by atoms with van der Waals surface area (Å²) in [5, 5.41) is 8.36. The van der Waals surface area contributed by atoms with Gasteiger partial charge in [0.05, 0.1) is 6.61 Å². The van der Waals surface area contributed by atoms with Crippen molar-refractivity contribution in [1.82, 2.24) is 0 Å². The van der Waals surface area contributed by atoms with Gasteiger partial charge in [-0.3, -0.25) is 4.55 Å². The first-order valence-electron chi connectivity index (χ1n) is 8.09. The highest BCUT2D eigenvalue weighted by atomic mass is 32.2. The average Bonchev–Trinajstić information content (AvgIpc) is 2.45. The summed E-state index contributed by atoms with van der Waals surface area (Å²) in [6.07, 6.45) is 12.3. The molecule has 0 aliphatic heterocycles. The zero-order chi connectivity index (χ0) is 16.5. The molecular weight excluding hydrogens is 312 g/mol. The van der Waals surface area contributed by atoms with Gasteiger partial charge in [0.15, 0.2) is 0 Å². The maximum atomic E-state index is 10.3. The van der Waals surface area contributed by atoms with E-state index in [0.29, 0.717) is 6.61 Å². The van der Waals surface area contributed by atoms with Gasteiger partial charge in [-0.05, 0) is 16.5 Å². The molecule has 1 N–H and O–H groups in total. The molecule has 0 bridgehead atoms. The predicted octanol–water partition coefficient (Wildman–Crippen LogP) is 3.61. The minimum absolute atomic E-state index is 0.333. The second-order valence-electron chi connectivity index (χ2n) is 5.25. The Morgan fingerprint density at radius 3 is 1.68 bits per heavy atom. The molecule has 0 aromatic carbocycles. The molecular formula is C14H30O7S. The maximum absolute atomic E-state index is 10.3. The summed E-state index contributed by atoms with van der Waals surface area (Å²) in [5.74, 6) is -0.561. The van der Waals surface area contributed by atoms with Crippen LogP contribution in [0.4, 0.5) is 0 Å². The van der Waals surface area contributed by atoms with Gasteiger partial charge >= 0.3 is 0 Å². The number of rotatable bonds is 17. The van der Waals surface area contributed by atoms with Crippen LogP contribution >= 0.6 is 0 Å². The second kappa shape index (κ2) is 15.6. The van der Waals surface area contributed by atoms with E-state index in [2.05, 4.69) is 26.8 Å². The van der Waals surface area contributed by atoms with Crippen LogP contribution in [0.15, 0.2) is 0 Å². The fourth-order valence-corrected chi connectivity index (χ4v) is 2.17. The molecule has 0 amide bonds. The molecule has 0 aromatic heterocycles. The van der Waals surface area contributed by atoms with Crippen LogP contribution in [0.3, 0.4) is 0 Å². The molecule has 0 rings (SSSR count). The van der Waals surface area contributed by atoms with Gasteiger partial charge in [0.1, 0.15) is 12.4 Å². The minimum Gasteiger partial charge on any atom is -0.285 e. The topological polar surface area (TPSA) is 91.3 Å². The SMILES string of the molecule is CCCCCCCCCCCCOOOOCCS(=O)(=O)O. The molecule has 134 valence electrons. The summed E-state index contributed by atoms with van der Waals surface area (Å²) in [6.45, 7) is 2.28. The van der Waals surface area contributed by atoms with Crippen molar-refractivity contribution in [3.63, 3.8) is 0 Å². The van der Waals surface area contributed by atoms with Crippen molar-refractivity contribution in [1.29, 1.82) is 0 Å². The molecule has 22 heavy (non-hydrogen) atoms. The first-order chi connectivity index (χ1) is 10.6. The zero-order valence-electron chi connectivity index (χ0n) is 13.5. The molecule has 0 atom stereocenters. The van der Waals surface area contributed by atoms with E-state index in [1.54, 1.807) is 0 Å². The molecule has 8 heteroatoms. The van der Waals surface area contributed by atoms with E-state index in [4.69, 9.17) is 4.55 Å². The summed E-state index contributed by atoms with van der Waals surface area (Å²) in [5.41, 5.74) is 0. The highest BCUT2D eigenvalue weighted by molar-refractivity contribution is 7.85. The summed E-state index contributed by atoms with van der Waals surface area (Å²) >= 11 is 0. The first-order valence-corrected chi connectivity index (χ1v) is 9.70. The fraction of sp³-hybridized carbons (Fsp3) is 1.00. The van der Waals surface area contributed by atoms with Gasteiger partial charge in [0.2, 0.25) is 0 Å². The predicted molar refractivity (Wildman–Crippen MR) is 82.3 cm³/mol. The zero-order valence-corrected chi connectivity index (χ0v) is 14.3. The molecule has 0 radical (unpaired) electrons. The van der Waals surface area contributed by atoms with Crippen molar-refractivity contribution in [2.75, 3.05) is 19.0 Å². The Bertz CT molecular complexity index is 319. The number of unbranched alkanes of at least 4 members (excludes halogenated alkanes) is 9. The van der Waals surface area contributed by atoms with E-state index >= 15 is 0 Å². The van der Waals surface area contributed by atoms with Crippen molar-refractivity contribution < 1.29 is 32.8 Å². The Morgan fingerprint density at radius 1 is 0.727 bits per heavy atom. The van der Waals surface area contributed by atoms with E-state index in [9.17, 15) is 8.42 Å². The summed E-state index contributed by atoms with van der Waals surface area (Å²) in [7, 11) is -4.04. The molecule has 0 unspecified atom stereocenters. The average molecular weight is 342 g/mol. The second-order valence-corrected chi connectivity index (χ2v) is 6.82.